The molecule has 1 heterocycles. The number of amidine groups is 1. The van der Waals surface area contributed by atoms with Crippen molar-refractivity contribution in [3.63, 3.8) is 0 Å². The molecule has 0 radical (unpaired) electrons. The molecule has 0 aliphatic carbocycles. The molecule has 1 aliphatic heterocycles. The summed E-state index contributed by atoms with van der Waals surface area (Å²) in [6, 6.07) is 7.65. The maximum Gasteiger partial charge on any atom is 0.283 e. The maximum atomic E-state index is 12.8. The molecule has 25 heavy (non-hydrogen) atoms. The standard InChI is InChI=1S/C20H32N2O2S/c1-5-6-7-11-20(22-17(3)9-8-10-18(22)4)21-25(23,24)19-14-12-16(2)13-15-19/h12-15,17-18H,5-11H2,1-4H3/b21-20+. The highest BCUT2D eigenvalue weighted by Crippen LogP contribution is 2.26. The molecule has 2 rings (SSSR count). The minimum Gasteiger partial charge on any atom is -0.354 e. The fourth-order valence-electron chi connectivity index (χ4n) is 3.59. The van der Waals surface area contributed by atoms with E-state index in [0.717, 1.165) is 49.9 Å². The topological polar surface area (TPSA) is 49.7 Å². The Morgan fingerprint density at radius 3 is 2.28 bits per heavy atom. The number of aryl methyl sites for hydroxylation is 1. The lowest BCUT2D eigenvalue weighted by Crippen LogP contribution is -2.47. The van der Waals surface area contributed by atoms with E-state index in [1.807, 2.05) is 19.1 Å². The van der Waals surface area contributed by atoms with Crippen LogP contribution in [0, 0.1) is 6.92 Å². The van der Waals surface area contributed by atoms with Gasteiger partial charge in [0, 0.05) is 18.5 Å². The summed E-state index contributed by atoms with van der Waals surface area (Å²) in [5, 5.41) is 0. The molecule has 1 saturated heterocycles. The molecule has 0 N–H and O–H groups in total. The van der Waals surface area contributed by atoms with Crippen molar-refractivity contribution in [1.82, 2.24) is 4.90 Å². The normalized spacial score (nSPS) is 22.2. The van der Waals surface area contributed by atoms with Gasteiger partial charge in [-0.05, 0) is 58.6 Å². The third kappa shape index (κ3) is 5.30. The molecule has 1 aromatic rings. The number of rotatable bonds is 6. The van der Waals surface area contributed by atoms with Crippen LogP contribution in [0.25, 0.3) is 0 Å². The molecule has 1 fully saturated rings. The smallest absolute Gasteiger partial charge is 0.283 e. The first kappa shape index (κ1) is 20.0. The van der Waals surface area contributed by atoms with Crippen LogP contribution in [-0.2, 0) is 10.0 Å². The summed E-state index contributed by atoms with van der Waals surface area (Å²) in [7, 11) is -3.66. The average molecular weight is 365 g/mol. The zero-order chi connectivity index (χ0) is 18.4. The number of benzene rings is 1. The summed E-state index contributed by atoms with van der Waals surface area (Å²) in [5.74, 6) is 0.744. The van der Waals surface area contributed by atoms with Gasteiger partial charge in [-0.2, -0.15) is 8.42 Å². The number of piperidine rings is 1. The molecule has 2 atom stereocenters. The molecule has 0 aromatic heterocycles. The van der Waals surface area contributed by atoms with Gasteiger partial charge in [0.05, 0.1) is 4.90 Å². The van der Waals surface area contributed by atoms with Gasteiger partial charge in [0.15, 0.2) is 0 Å². The van der Waals surface area contributed by atoms with Crippen molar-refractivity contribution < 1.29 is 8.42 Å². The second-order valence-electron chi connectivity index (χ2n) is 7.29. The maximum absolute atomic E-state index is 12.8. The van der Waals surface area contributed by atoms with Crippen molar-refractivity contribution in [2.24, 2.45) is 4.40 Å². The first-order valence-electron chi connectivity index (χ1n) is 9.54. The Labute approximate surface area is 153 Å². The largest absolute Gasteiger partial charge is 0.354 e. The quantitative estimate of drug-likeness (QED) is 0.409. The van der Waals surface area contributed by atoms with Crippen LogP contribution in [-0.4, -0.2) is 31.2 Å². The summed E-state index contributed by atoms with van der Waals surface area (Å²) in [4.78, 5) is 2.54. The fraction of sp³-hybridized carbons (Fsp3) is 0.650. The summed E-state index contributed by atoms with van der Waals surface area (Å²) >= 11 is 0. The Kier molecular flexibility index (Phi) is 7.05. The van der Waals surface area contributed by atoms with E-state index >= 15 is 0 Å². The zero-order valence-corrected chi connectivity index (χ0v) is 16.8. The van der Waals surface area contributed by atoms with Crippen molar-refractivity contribution in [2.45, 2.75) is 89.6 Å². The van der Waals surface area contributed by atoms with Gasteiger partial charge in [-0.25, -0.2) is 0 Å². The predicted octanol–water partition coefficient (Wildman–Crippen LogP) is 4.93. The van der Waals surface area contributed by atoms with Crippen LogP contribution in [0.1, 0.15) is 71.3 Å². The van der Waals surface area contributed by atoms with E-state index in [1.165, 1.54) is 6.42 Å². The summed E-state index contributed by atoms with van der Waals surface area (Å²) < 4.78 is 30.0. The number of nitrogens with zero attached hydrogens (tertiary/aromatic N) is 2. The molecule has 0 amide bonds. The number of hydrogen-bond acceptors (Lipinski definition) is 2. The molecule has 1 aromatic carbocycles. The van der Waals surface area contributed by atoms with E-state index in [9.17, 15) is 8.42 Å². The number of hydrogen-bond donors (Lipinski definition) is 0. The molecule has 1 aliphatic rings. The fourth-order valence-corrected chi connectivity index (χ4v) is 4.64. The molecule has 0 spiro atoms. The van der Waals surface area contributed by atoms with E-state index in [-0.39, 0.29) is 4.90 Å². The van der Waals surface area contributed by atoms with Gasteiger partial charge in [-0.3, -0.25) is 0 Å². The Morgan fingerprint density at radius 1 is 1.12 bits per heavy atom. The third-order valence-electron chi connectivity index (χ3n) is 5.04. The Hall–Kier alpha value is -1.36. The lowest BCUT2D eigenvalue weighted by molar-refractivity contribution is 0.187. The van der Waals surface area contributed by atoms with Crippen LogP contribution in [0.3, 0.4) is 0 Å². The third-order valence-corrected chi connectivity index (χ3v) is 6.36. The first-order valence-corrected chi connectivity index (χ1v) is 11.0. The Bertz CT molecular complexity index is 670. The molecular weight excluding hydrogens is 332 g/mol. The molecular formula is C20H32N2O2S. The van der Waals surface area contributed by atoms with Crippen molar-refractivity contribution >= 4 is 15.9 Å². The first-order chi connectivity index (χ1) is 11.8. The van der Waals surface area contributed by atoms with Crippen LogP contribution >= 0.6 is 0 Å². The van der Waals surface area contributed by atoms with Crippen LogP contribution < -0.4 is 0 Å². The number of sulfonamides is 1. The van der Waals surface area contributed by atoms with E-state index < -0.39 is 10.0 Å². The SMILES string of the molecule is CCCCC/C(=N\S(=O)(=O)c1ccc(C)cc1)N1C(C)CCCC1C. The monoisotopic (exact) mass is 364 g/mol. The van der Waals surface area contributed by atoms with Crippen LogP contribution in [0.15, 0.2) is 33.6 Å². The van der Waals surface area contributed by atoms with Crippen molar-refractivity contribution in [3.05, 3.63) is 29.8 Å². The molecule has 5 heteroatoms. The lowest BCUT2D eigenvalue weighted by Gasteiger charge is -2.41. The van der Waals surface area contributed by atoms with Gasteiger partial charge in [0.2, 0.25) is 0 Å². The van der Waals surface area contributed by atoms with Crippen LogP contribution in [0.5, 0.6) is 0 Å². The van der Waals surface area contributed by atoms with Gasteiger partial charge in [0.1, 0.15) is 5.84 Å². The Morgan fingerprint density at radius 2 is 1.72 bits per heavy atom. The van der Waals surface area contributed by atoms with Gasteiger partial charge < -0.3 is 4.90 Å². The second kappa shape index (κ2) is 8.84. The van der Waals surface area contributed by atoms with Gasteiger partial charge >= 0.3 is 0 Å². The van der Waals surface area contributed by atoms with Crippen molar-refractivity contribution in [1.29, 1.82) is 0 Å². The zero-order valence-electron chi connectivity index (χ0n) is 16.0. The van der Waals surface area contributed by atoms with Crippen molar-refractivity contribution in [2.75, 3.05) is 0 Å². The molecule has 0 bridgehead atoms. The summed E-state index contributed by atoms with van der Waals surface area (Å²) in [6.07, 6.45) is 7.32. The van der Waals surface area contributed by atoms with Gasteiger partial charge in [-0.15, -0.1) is 4.40 Å². The second-order valence-corrected chi connectivity index (χ2v) is 8.89. The minimum atomic E-state index is -3.66. The summed E-state index contributed by atoms with van der Waals surface area (Å²) in [5.41, 5.74) is 1.05. The molecule has 140 valence electrons. The molecule has 4 nitrogen and oxygen atoms in total. The highest BCUT2D eigenvalue weighted by Gasteiger charge is 2.28. The Balaban J connectivity index is 2.35. The van der Waals surface area contributed by atoms with E-state index in [1.54, 1.807) is 12.1 Å². The number of likely N-dealkylation sites (tertiary alicyclic amines) is 1. The van der Waals surface area contributed by atoms with E-state index in [0.29, 0.717) is 12.1 Å². The van der Waals surface area contributed by atoms with E-state index in [4.69, 9.17) is 0 Å². The number of unbranched alkanes of at least 4 members (excludes halogenated alkanes) is 2. The predicted molar refractivity (Wildman–Crippen MR) is 105 cm³/mol. The minimum absolute atomic E-state index is 0.281. The average Bonchev–Trinajstić information content (AvgIpc) is 2.55. The van der Waals surface area contributed by atoms with Gasteiger partial charge in [-0.1, -0.05) is 37.5 Å². The highest BCUT2D eigenvalue weighted by molar-refractivity contribution is 7.90. The lowest BCUT2D eigenvalue weighted by atomic mass is 9.96. The molecule has 0 saturated carbocycles. The molecule has 2 unspecified atom stereocenters. The van der Waals surface area contributed by atoms with Gasteiger partial charge in [0.25, 0.3) is 10.0 Å². The van der Waals surface area contributed by atoms with Crippen molar-refractivity contribution in [3.8, 4) is 0 Å². The van der Waals surface area contributed by atoms with Crippen LogP contribution in [0.4, 0.5) is 0 Å². The summed E-state index contributed by atoms with van der Waals surface area (Å²) in [6.45, 7) is 8.48. The highest BCUT2D eigenvalue weighted by atomic mass is 32.2. The van der Waals surface area contributed by atoms with E-state index in [2.05, 4.69) is 30.1 Å². The van der Waals surface area contributed by atoms with Crippen LogP contribution in [0.2, 0.25) is 0 Å².